The van der Waals surface area contributed by atoms with E-state index in [-0.39, 0.29) is 22.3 Å². The smallest absolute Gasteiger partial charge is 0.339 e. The fourth-order valence-electron chi connectivity index (χ4n) is 8.35. The van der Waals surface area contributed by atoms with Crippen LogP contribution in [0.5, 0.6) is 0 Å². The topological polar surface area (TPSA) is 421 Å². The van der Waals surface area contributed by atoms with Crippen molar-refractivity contribution in [1.82, 2.24) is 0 Å². The van der Waals surface area contributed by atoms with Crippen LogP contribution < -0.4 is 0 Å². The molecular formula is C73H76O32. The molecule has 0 aromatic heterocycles. The zero-order chi connectivity index (χ0) is 78.1. The first-order valence-electron chi connectivity index (χ1n) is 31.3. The van der Waals surface area contributed by atoms with Crippen molar-refractivity contribution in [2.45, 2.75) is 79.8 Å². The van der Waals surface area contributed by atoms with Gasteiger partial charge in [-0.25, -0.2) is 57.5 Å². The Morgan fingerprint density at radius 3 is 0.533 bits per heavy atom. The summed E-state index contributed by atoms with van der Waals surface area (Å²) in [5, 5.41) is 0. The largest absolute Gasteiger partial charge is 0.461 e. The second-order valence-electron chi connectivity index (χ2n) is 22.8. The van der Waals surface area contributed by atoms with E-state index >= 15 is 0 Å². The molecule has 4 aromatic rings. The Kier molecular flexibility index (Phi) is 33.9. The molecule has 4 aromatic carbocycles. The molecule has 32 nitrogen and oxygen atoms in total. The Balaban J connectivity index is 1.88. The van der Waals surface area contributed by atoms with Crippen molar-refractivity contribution >= 4 is 95.5 Å². The predicted octanol–water partition coefficient (Wildman–Crippen LogP) is 6.23. The highest BCUT2D eigenvalue weighted by molar-refractivity contribution is 6.06. The van der Waals surface area contributed by atoms with Crippen molar-refractivity contribution in [2.75, 3.05) is 79.3 Å². The van der Waals surface area contributed by atoms with Gasteiger partial charge in [0.1, 0.15) is 84.7 Å². The summed E-state index contributed by atoms with van der Waals surface area (Å²) in [4.78, 5) is 211. The second kappa shape index (κ2) is 41.9. The predicted molar refractivity (Wildman–Crippen MR) is 356 cm³/mol. The van der Waals surface area contributed by atoms with Crippen LogP contribution >= 0.6 is 0 Å². The minimum absolute atomic E-state index is 0.0139. The lowest BCUT2D eigenvalue weighted by atomic mass is 9.91. The molecule has 32 heteroatoms. The van der Waals surface area contributed by atoms with Gasteiger partial charge in [0.25, 0.3) is 0 Å². The number of benzene rings is 4. The molecule has 4 unspecified atom stereocenters. The Morgan fingerprint density at radius 2 is 0.390 bits per heavy atom. The molecular weight excluding hydrogens is 1390 g/mol. The van der Waals surface area contributed by atoms with Gasteiger partial charge in [-0.05, 0) is 76.2 Å². The van der Waals surface area contributed by atoms with Crippen LogP contribution in [-0.2, 0) is 114 Å². The first-order valence-corrected chi connectivity index (χ1v) is 31.3. The maximum absolute atomic E-state index is 14.6. The molecule has 560 valence electrons. The lowest BCUT2D eigenvalue weighted by molar-refractivity contribution is -0.157. The van der Waals surface area contributed by atoms with Crippen molar-refractivity contribution in [1.29, 1.82) is 0 Å². The molecule has 0 N–H and O–H groups in total. The second-order valence-corrected chi connectivity index (χ2v) is 22.8. The van der Waals surface area contributed by atoms with Crippen LogP contribution in [0.1, 0.15) is 138 Å². The number of carbonyl (C=O) groups excluding carboxylic acids is 16. The van der Waals surface area contributed by atoms with Gasteiger partial charge >= 0.3 is 95.5 Å². The van der Waals surface area contributed by atoms with Crippen LogP contribution in [0.25, 0.3) is 0 Å². The number of hydrogen-bond acceptors (Lipinski definition) is 32. The maximum Gasteiger partial charge on any atom is 0.339 e. The van der Waals surface area contributed by atoms with Crippen LogP contribution in [-0.4, -0.2) is 199 Å². The maximum atomic E-state index is 14.6. The molecule has 0 radical (unpaired) electrons. The minimum Gasteiger partial charge on any atom is -0.461 e. The van der Waals surface area contributed by atoms with E-state index in [0.29, 0.717) is 0 Å². The fraction of sp³-hybridized carbons (Fsp3) is 0.342. The summed E-state index contributed by atoms with van der Waals surface area (Å²) < 4.78 is 85.9. The van der Waals surface area contributed by atoms with E-state index in [1.165, 1.54) is 76.2 Å². The monoisotopic (exact) mass is 1460 g/mol. The van der Waals surface area contributed by atoms with Crippen molar-refractivity contribution in [3.63, 3.8) is 0 Å². The Hall–Kier alpha value is -12.6. The highest BCUT2D eigenvalue weighted by atomic mass is 16.6. The summed E-state index contributed by atoms with van der Waals surface area (Å²) in [6.45, 7) is 13.2. The molecule has 0 saturated carbocycles. The zero-order valence-corrected chi connectivity index (χ0v) is 58.4. The number of rotatable bonds is 40. The van der Waals surface area contributed by atoms with E-state index in [0.717, 1.165) is 76.2 Å². The van der Waals surface area contributed by atoms with E-state index in [1.807, 2.05) is 0 Å². The van der Waals surface area contributed by atoms with Gasteiger partial charge in [-0.3, -0.25) is 19.2 Å². The molecule has 105 heavy (non-hydrogen) atoms. The number of hydrogen-bond donors (Lipinski definition) is 0. The highest BCUT2D eigenvalue weighted by Crippen LogP contribution is 2.27. The van der Waals surface area contributed by atoms with Crippen molar-refractivity contribution in [3.8, 4) is 0 Å². The molecule has 4 rings (SSSR count). The summed E-state index contributed by atoms with van der Waals surface area (Å²) in [5.41, 5.74) is -6.68. The lowest BCUT2D eigenvalue weighted by Crippen LogP contribution is -2.44. The van der Waals surface area contributed by atoms with E-state index in [2.05, 4.69) is 26.3 Å². The summed E-state index contributed by atoms with van der Waals surface area (Å²) in [5.74, 6) is -17.5. The highest BCUT2D eigenvalue weighted by Gasteiger charge is 2.41. The van der Waals surface area contributed by atoms with Crippen molar-refractivity contribution in [3.05, 3.63) is 190 Å². The summed E-state index contributed by atoms with van der Waals surface area (Å²) in [6, 6.07) is 19.2. The molecule has 4 atom stereocenters. The van der Waals surface area contributed by atoms with E-state index in [9.17, 15) is 76.7 Å². The Bertz CT molecular complexity index is 3480. The summed E-state index contributed by atoms with van der Waals surface area (Å²) >= 11 is 0. The SMILES string of the molecule is C=C(C)C(=O)OCC(COC(=O)c1ccccc1C(=O)OCC(COC(=O)c1ccccc1C(=O)OCC(COC(=O)C(=C)C)OC(C)=O)(COC(=O)c1ccccc1C(=O)OCC(COC(=O)C(=C)C)OC(C)=O)COC(=O)c1ccccc1C(=O)OCC(COC(=O)C(=C)C)OC(C)=O)OC(C)=O. The fourth-order valence-corrected chi connectivity index (χ4v) is 8.35. The first kappa shape index (κ1) is 84.8. The van der Waals surface area contributed by atoms with Crippen LogP contribution in [0.2, 0.25) is 0 Å². The first-order chi connectivity index (χ1) is 49.6. The van der Waals surface area contributed by atoms with E-state index in [4.69, 9.17) is 75.8 Å². The number of carbonyl (C=O) groups is 16. The molecule has 0 saturated heterocycles. The van der Waals surface area contributed by atoms with Gasteiger partial charge in [-0.2, -0.15) is 0 Å². The molecule has 0 heterocycles. The molecule has 0 aliphatic carbocycles. The average molecular weight is 1470 g/mol. The van der Waals surface area contributed by atoms with Gasteiger partial charge in [0, 0.05) is 50.0 Å². The molecule has 0 fully saturated rings. The third kappa shape index (κ3) is 28.7. The molecule has 0 aliphatic heterocycles. The Labute approximate surface area is 600 Å². The van der Waals surface area contributed by atoms with Gasteiger partial charge in [0.05, 0.1) is 44.5 Å². The minimum atomic E-state index is -2.43. The quantitative estimate of drug-likeness (QED) is 0.0270. The van der Waals surface area contributed by atoms with Crippen molar-refractivity contribution < 1.29 is 153 Å². The molecule has 0 bridgehead atoms. The lowest BCUT2D eigenvalue weighted by Gasteiger charge is -2.32. The van der Waals surface area contributed by atoms with Gasteiger partial charge in [-0.15, -0.1) is 0 Å². The van der Waals surface area contributed by atoms with Gasteiger partial charge in [0.15, 0.2) is 24.4 Å². The summed E-state index contributed by atoms with van der Waals surface area (Å²) in [6.07, 6.45) is -5.52. The van der Waals surface area contributed by atoms with Crippen LogP contribution in [0.4, 0.5) is 0 Å². The van der Waals surface area contributed by atoms with Gasteiger partial charge < -0.3 is 75.8 Å². The van der Waals surface area contributed by atoms with Crippen LogP contribution in [0.3, 0.4) is 0 Å². The molecule has 0 amide bonds. The van der Waals surface area contributed by atoms with Crippen LogP contribution in [0, 0.1) is 5.41 Å². The third-order valence-corrected chi connectivity index (χ3v) is 13.4. The number of ether oxygens (including phenoxy) is 16. The van der Waals surface area contributed by atoms with E-state index in [1.54, 1.807) is 0 Å². The van der Waals surface area contributed by atoms with Gasteiger partial charge in [0.2, 0.25) is 0 Å². The van der Waals surface area contributed by atoms with Crippen molar-refractivity contribution in [2.24, 2.45) is 5.41 Å². The average Bonchev–Trinajstić information content (AvgIpc) is 0.838. The summed E-state index contributed by atoms with van der Waals surface area (Å²) in [7, 11) is 0. The van der Waals surface area contributed by atoms with E-state index < -0.39 is 249 Å². The normalized spacial score (nSPS) is 12.2. The van der Waals surface area contributed by atoms with Crippen LogP contribution in [0.15, 0.2) is 146 Å². The molecule has 0 spiro atoms. The zero-order valence-electron chi connectivity index (χ0n) is 58.4. The third-order valence-electron chi connectivity index (χ3n) is 13.4. The Morgan fingerprint density at radius 1 is 0.248 bits per heavy atom. The number of esters is 16. The van der Waals surface area contributed by atoms with Gasteiger partial charge in [-0.1, -0.05) is 74.8 Å². The molecule has 0 aliphatic rings. The standard InChI is InChI=1S/C73H76O32/c1-41(2)61(78)90-29-49(102-45(9)74)33-94-65(82)53-21-13-17-25-57(53)69(86)98-37-73(38-99-70(87)58-26-18-14-22-54(58)66(83)95-34-50(103-46(10)75)30-91-62(79)42(3)4,39-100-71(88)59-27-19-15-23-55(59)67(84)96-35-51(104-47(11)76)31-92-63(80)43(5)6)40-101-72(89)60-28-20-16-24-56(60)68(85)97-36-52(105-48(12)77)32-93-64(81)44(7)8/h13-28,49-52H,1,3,5,7,29-40H2,2,4,6,8-12H3.